The van der Waals surface area contributed by atoms with E-state index in [9.17, 15) is 10.2 Å². The van der Waals surface area contributed by atoms with E-state index in [0.29, 0.717) is 22.8 Å². The fourth-order valence-electron chi connectivity index (χ4n) is 3.45. The van der Waals surface area contributed by atoms with Crippen LogP contribution in [0.25, 0.3) is 0 Å². The first kappa shape index (κ1) is 24.3. The van der Waals surface area contributed by atoms with Gasteiger partial charge in [-0.2, -0.15) is 0 Å². The van der Waals surface area contributed by atoms with Gasteiger partial charge < -0.3 is 10.2 Å². The molecule has 4 aromatic carbocycles. The summed E-state index contributed by atoms with van der Waals surface area (Å²) in [6, 6.07) is 34.9. The fourth-order valence-corrected chi connectivity index (χ4v) is 3.45. The van der Waals surface area contributed by atoms with Gasteiger partial charge in [-0.25, -0.2) is 9.98 Å². The number of benzene rings is 4. The second-order valence-electron chi connectivity index (χ2n) is 7.23. The van der Waals surface area contributed by atoms with Crippen LogP contribution in [0.4, 0.5) is 11.4 Å². The monoisotopic (exact) mass is 479 g/mol. The van der Waals surface area contributed by atoms with Crippen molar-refractivity contribution in [2.45, 2.75) is 13.2 Å². The number of para-hydroxylation sites is 2. The van der Waals surface area contributed by atoms with Gasteiger partial charge in [-0.3, -0.25) is 0 Å². The van der Waals surface area contributed by atoms with Crippen molar-refractivity contribution >= 4 is 22.8 Å². The summed E-state index contributed by atoms with van der Waals surface area (Å²) < 4.78 is 0. The van der Waals surface area contributed by atoms with Crippen LogP contribution in [0.2, 0.25) is 0 Å². The Labute approximate surface area is 204 Å². The predicted octanol–water partition coefficient (Wildman–Crippen LogP) is 5.61. The van der Waals surface area contributed by atoms with Gasteiger partial charge in [0.1, 0.15) is 0 Å². The van der Waals surface area contributed by atoms with E-state index >= 15 is 0 Å². The summed E-state index contributed by atoms with van der Waals surface area (Å²) in [6.45, 7) is -0.209. The van der Waals surface area contributed by atoms with Crippen LogP contribution < -0.4 is 0 Å². The first-order valence-corrected chi connectivity index (χ1v) is 10.5. The minimum Gasteiger partial charge on any atom is -0.392 e. The molecule has 0 aliphatic rings. The smallest absolute Gasteiger partial charge is 0.0972 e. The second-order valence-corrected chi connectivity index (χ2v) is 7.23. The number of hydrogen-bond donors (Lipinski definition) is 2. The van der Waals surface area contributed by atoms with Gasteiger partial charge in [0.05, 0.1) is 36.0 Å². The normalized spacial score (nSPS) is 11.7. The van der Waals surface area contributed by atoms with Crippen LogP contribution in [0.15, 0.2) is 119 Å². The Balaban J connectivity index is 0.00000306. The van der Waals surface area contributed by atoms with Crippen molar-refractivity contribution in [2.75, 3.05) is 0 Å². The first-order chi connectivity index (χ1) is 15.8. The van der Waals surface area contributed by atoms with Gasteiger partial charge in [0, 0.05) is 39.0 Å². The number of aliphatic imine (C=N–C) groups is 2. The topological polar surface area (TPSA) is 65.2 Å². The first-order valence-electron chi connectivity index (χ1n) is 10.5. The van der Waals surface area contributed by atoms with Gasteiger partial charge in [-0.05, 0) is 12.1 Å². The average Bonchev–Trinajstić information content (AvgIpc) is 2.87. The van der Waals surface area contributed by atoms with Gasteiger partial charge in [0.15, 0.2) is 0 Å². The molecule has 0 spiro atoms. The summed E-state index contributed by atoms with van der Waals surface area (Å²) in [5.41, 5.74) is 6.04. The Morgan fingerprint density at radius 1 is 0.485 bits per heavy atom. The molecule has 0 unspecified atom stereocenters. The van der Waals surface area contributed by atoms with Gasteiger partial charge >= 0.3 is 0 Å². The van der Waals surface area contributed by atoms with E-state index < -0.39 is 0 Å². The summed E-state index contributed by atoms with van der Waals surface area (Å²) in [7, 11) is 0. The Hall–Kier alpha value is -3.35. The Morgan fingerprint density at radius 2 is 0.818 bits per heavy atom. The van der Waals surface area contributed by atoms with Gasteiger partial charge in [0.25, 0.3) is 0 Å². The van der Waals surface area contributed by atoms with Crippen molar-refractivity contribution in [3.8, 4) is 0 Å². The molecule has 0 amide bonds. The molecule has 0 aromatic heterocycles. The number of nitrogens with zero attached hydrogens (tertiary/aromatic N) is 2. The zero-order valence-electron chi connectivity index (χ0n) is 17.9. The molecule has 0 aliphatic heterocycles. The van der Waals surface area contributed by atoms with Crippen LogP contribution in [-0.2, 0) is 30.0 Å². The summed E-state index contributed by atoms with van der Waals surface area (Å²) in [5.74, 6) is 0. The molecule has 4 nitrogen and oxygen atoms in total. The van der Waals surface area contributed by atoms with Crippen molar-refractivity contribution in [1.82, 2.24) is 0 Å². The standard InChI is InChI=1S/C28H24N2O2.Co/c31-19-23-15-7-9-17-25(23)29-27(21-11-3-1-4-12-21)28(22-13-5-2-6-14-22)30-26-18-10-8-16-24(26)20-32;/h1-18,31-32H,19-20H2;. The summed E-state index contributed by atoms with van der Waals surface area (Å²) in [6.07, 6.45) is 0. The Morgan fingerprint density at radius 3 is 1.18 bits per heavy atom. The van der Waals surface area contributed by atoms with Crippen molar-refractivity contribution in [3.05, 3.63) is 131 Å². The van der Waals surface area contributed by atoms with Crippen molar-refractivity contribution in [2.24, 2.45) is 9.98 Å². The van der Waals surface area contributed by atoms with Crippen LogP contribution in [0.3, 0.4) is 0 Å². The molecule has 0 saturated carbocycles. The van der Waals surface area contributed by atoms with E-state index in [1.54, 1.807) is 0 Å². The van der Waals surface area contributed by atoms with Crippen molar-refractivity contribution < 1.29 is 27.0 Å². The quantitative estimate of drug-likeness (QED) is 0.339. The summed E-state index contributed by atoms with van der Waals surface area (Å²) in [4.78, 5) is 9.98. The zero-order chi connectivity index (χ0) is 22.2. The minimum absolute atomic E-state index is 0. The maximum absolute atomic E-state index is 9.83. The summed E-state index contributed by atoms with van der Waals surface area (Å²) >= 11 is 0. The Bertz CT molecular complexity index is 1140. The summed E-state index contributed by atoms with van der Waals surface area (Å²) in [5, 5.41) is 19.7. The molecular weight excluding hydrogens is 455 g/mol. The van der Waals surface area contributed by atoms with Crippen LogP contribution in [-0.4, -0.2) is 21.6 Å². The van der Waals surface area contributed by atoms with Gasteiger partial charge in [-0.15, -0.1) is 0 Å². The Kier molecular flexibility index (Phi) is 8.86. The molecule has 0 aliphatic carbocycles. The maximum Gasteiger partial charge on any atom is 0.0972 e. The van der Waals surface area contributed by atoms with Crippen LogP contribution in [0.5, 0.6) is 0 Å². The molecule has 4 rings (SSSR count). The molecule has 2 N–H and O–H groups in total. The maximum atomic E-state index is 9.83. The average molecular weight is 479 g/mol. The molecule has 33 heavy (non-hydrogen) atoms. The van der Waals surface area contributed by atoms with E-state index in [1.165, 1.54) is 0 Å². The molecular formula is C28H24CoN2O2. The molecule has 0 saturated heterocycles. The molecule has 0 fully saturated rings. The van der Waals surface area contributed by atoms with E-state index in [4.69, 9.17) is 9.98 Å². The van der Waals surface area contributed by atoms with Crippen molar-refractivity contribution in [1.29, 1.82) is 0 Å². The van der Waals surface area contributed by atoms with Crippen LogP contribution in [0, 0.1) is 0 Å². The molecule has 0 heterocycles. The predicted molar refractivity (Wildman–Crippen MR) is 130 cm³/mol. The molecule has 167 valence electrons. The number of aliphatic hydroxyl groups excluding tert-OH is 2. The van der Waals surface area contributed by atoms with Crippen molar-refractivity contribution in [3.63, 3.8) is 0 Å². The zero-order valence-corrected chi connectivity index (χ0v) is 19.0. The molecule has 5 heteroatoms. The van der Waals surface area contributed by atoms with E-state index in [2.05, 4.69) is 0 Å². The van der Waals surface area contributed by atoms with Crippen LogP contribution >= 0.6 is 0 Å². The third-order valence-corrected chi connectivity index (χ3v) is 5.11. The van der Waals surface area contributed by atoms with E-state index in [1.807, 2.05) is 109 Å². The largest absolute Gasteiger partial charge is 0.392 e. The van der Waals surface area contributed by atoms with Gasteiger partial charge in [-0.1, -0.05) is 97.1 Å². The molecule has 0 bridgehead atoms. The SMILES string of the molecule is OCc1ccccc1N=C(C(=Nc1ccccc1CO)c1ccccc1)c1ccccc1.[Co]. The molecule has 0 atom stereocenters. The van der Waals surface area contributed by atoms with E-state index in [0.717, 1.165) is 22.3 Å². The third kappa shape index (κ3) is 5.91. The van der Waals surface area contributed by atoms with Gasteiger partial charge in [0.2, 0.25) is 0 Å². The van der Waals surface area contributed by atoms with E-state index in [-0.39, 0.29) is 30.0 Å². The third-order valence-electron chi connectivity index (χ3n) is 5.11. The number of rotatable bonds is 7. The van der Waals surface area contributed by atoms with Crippen LogP contribution in [0.1, 0.15) is 22.3 Å². The number of aliphatic hydroxyl groups is 2. The second kappa shape index (κ2) is 12.0. The number of hydrogen-bond acceptors (Lipinski definition) is 4. The minimum atomic E-state index is -0.104. The molecule has 1 radical (unpaired) electrons. The molecule has 4 aromatic rings. The fraction of sp³-hybridized carbons (Fsp3) is 0.0714.